The van der Waals surface area contributed by atoms with E-state index in [0.717, 1.165) is 77.0 Å². The van der Waals surface area contributed by atoms with Crippen LogP contribution >= 0.6 is 0 Å². The predicted molar refractivity (Wildman–Crippen MR) is 316 cm³/mol. The van der Waals surface area contributed by atoms with Crippen LogP contribution in [0, 0.1) is 0 Å². The van der Waals surface area contributed by atoms with Crippen LogP contribution in [0.4, 0.5) is 0 Å². The van der Waals surface area contributed by atoms with Crippen LogP contribution in [-0.2, 0) is 28.6 Å². The third kappa shape index (κ3) is 60.4. The number of hydrogen-bond donors (Lipinski definition) is 0. The van der Waals surface area contributed by atoms with Gasteiger partial charge in [-0.2, -0.15) is 0 Å². The van der Waals surface area contributed by atoms with Crippen molar-refractivity contribution in [2.45, 2.75) is 361 Å². The number of esters is 3. The maximum atomic E-state index is 12.9. The van der Waals surface area contributed by atoms with E-state index in [1.54, 1.807) is 0 Å². The lowest BCUT2D eigenvalue weighted by molar-refractivity contribution is -0.167. The first-order chi connectivity index (χ1) is 36.0. The molecule has 0 aromatic carbocycles. The van der Waals surface area contributed by atoms with Gasteiger partial charge in [-0.25, -0.2) is 0 Å². The van der Waals surface area contributed by atoms with Gasteiger partial charge in [0.25, 0.3) is 0 Å². The molecule has 0 N–H and O–H groups in total. The quantitative estimate of drug-likeness (QED) is 0.0261. The number of ether oxygens (including phenoxy) is 3. The molecule has 0 spiro atoms. The second-order valence-electron chi connectivity index (χ2n) is 22.0. The fraction of sp³-hybridized carbons (Fsp3) is 0.866. The molecule has 0 aromatic rings. The zero-order valence-corrected chi connectivity index (χ0v) is 49.2. The van der Waals surface area contributed by atoms with Crippen LogP contribution in [-0.4, -0.2) is 37.2 Å². The second-order valence-corrected chi connectivity index (χ2v) is 22.0. The smallest absolute Gasteiger partial charge is 0.306 e. The molecule has 73 heavy (non-hydrogen) atoms. The van der Waals surface area contributed by atoms with Gasteiger partial charge in [-0.3, -0.25) is 14.4 Å². The molecule has 6 nitrogen and oxygen atoms in total. The fourth-order valence-electron chi connectivity index (χ4n) is 9.71. The van der Waals surface area contributed by atoms with Gasteiger partial charge in [0.2, 0.25) is 0 Å². The molecule has 6 heteroatoms. The summed E-state index contributed by atoms with van der Waals surface area (Å²) in [5.74, 6) is -0.870. The van der Waals surface area contributed by atoms with E-state index in [1.165, 1.54) is 238 Å². The molecule has 1 atom stereocenters. The first kappa shape index (κ1) is 70.6. The number of allylic oxidation sites excluding steroid dienone is 6. The van der Waals surface area contributed by atoms with Crippen molar-refractivity contribution >= 4 is 17.9 Å². The maximum absolute atomic E-state index is 12.9. The van der Waals surface area contributed by atoms with Crippen molar-refractivity contribution in [2.24, 2.45) is 0 Å². The monoisotopic (exact) mass is 1020 g/mol. The average Bonchev–Trinajstić information content (AvgIpc) is 3.39. The molecule has 0 fully saturated rings. The van der Waals surface area contributed by atoms with Crippen molar-refractivity contribution in [1.29, 1.82) is 0 Å². The Kier molecular flexibility index (Phi) is 60.2. The van der Waals surface area contributed by atoms with Crippen molar-refractivity contribution in [2.75, 3.05) is 13.2 Å². The minimum atomic E-state index is -0.778. The molecule has 0 aliphatic carbocycles. The summed E-state index contributed by atoms with van der Waals surface area (Å²) in [7, 11) is 0. The maximum Gasteiger partial charge on any atom is 0.306 e. The van der Waals surface area contributed by atoms with Crippen LogP contribution in [0.15, 0.2) is 36.5 Å². The molecule has 0 heterocycles. The molecule has 0 aliphatic heterocycles. The number of unbranched alkanes of at least 4 members (excludes halogenated alkanes) is 43. The molecule has 0 bridgehead atoms. The molecule has 0 radical (unpaired) electrons. The zero-order valence-electron chi connectivity index (χ0n) is 49.2. The van der Waals surface area contributed by atoms with Crippen LogP contribution in [0.1, 0.15) is 355 Å². The Labute approximate surface area is 455 Å². The number of carbonyl (C=O) groups excluding carboxylic acids is 3. The molecule has 0 aliphatic rings. The fourth-order valence-corrected chi connectivity index (χ4v) is 9.71. The minimum Gasteiger partial charge on any atom is -0.462 e. The van der Waals surface area contributed by atoms with Crippen LogP contribution in [0.2, 0.25) is 0 Å². The van der Waals surface area contributed by atoms with Gasteiger partial charge < -0.3 is 14.2 Å². The Morgan fingerprint density at radius 2 is 0.493 bits per heavy atom. The summed E-state index contributed by atoms with van der Waals surface area (Å²) in [6, 6.07) is 0. The van der Waals surface area contributed by atoms with Gasteiger partial charge in [-0.1, -0.05) is 295 Å². The summed E-state index contributed by atoms with van der Waals surface area (Å²) in [4.78, 5) is 38.2. The third-order valence-corrected chi connectivity index (χ3v) is 14.6. The summed E-state index contributed by atoms with van der Waals surface area (Å²) in [6.45, 7) is 6.63. The van der Waals surface area contributed by atoms with E-state index < -0.39 is 6.10 Å². The Balaban J connectivity index is 4.20. The zero-order chi connectivity index (χ0) is 52.9. The van der Waals surface area contributed by atoms with E-state index in [2.05, 4.69) is 57.2 Å². The van der Waals surface area contributed by atoms with Crippen LogP contribution in [0.5, 0.6) is 0 Å². The summed E-state index contributed by atoms with van der Waals surface area (Å²) in [5.41, 5.74) is 0. The Bertz CT molecular complexity index is 1220. The Hall–Kier alpha value is -2.37. The number of rotatable bonds is 60. The van der Waals surface area contributed by atoms with Gasteiger partial charge in [-0.05, 0) is 77.0 Å². The number of carbonyl (C=O) groups is 3. The van der Waals surface area contributed by atoms with E-state index in [4.69, 9.17) is 14.2 Å². The second kappa shape index (κ2) is 62.2. The van der Waals surface area contributed by atoms with Gasteiger partial charge in [-0.15, -0.1) is 0 Å². The van der Waals surface area contributed by atoms with Crippen LogP contribution < -0.4 is 0 Å². The Morgan fingerprint density at radius 3 is 0.795 bits per heavy atom. The van der Waals surface area contributed by atoms with Gasteiger partial charge in [0.15, 0.2) is 6.10 Å². The van der Waals surface area contributed by atoms with Crippen molar-refractivity contribution in [3.63, 3.8) is 0 Å². The lowest BCUT2D eigenvalue weighted by Crippen LogP contribution is -2.30. The minimum absolute atomic E-state index is 0.0741. The van der Waals surface area contributed by atoms with E-state index >= 15 is 0 Å². The lowest BCUT2D eigenvalue weighted by atomic mass is 10.0. The normalized spacial score (nSPS) is 12.2. The highest BCUT2D eigenvalue weighted by atomic mass is 16.6. The Morgan fingerprint density at radius 1 is 0.274 bits per heavy atom. The highest BCUT2D eigenvalue weighted by molar-refractivity contribution is 5.71. The SMILES string of the molecule is CCCCC/C=C\C/C=C\CCCCCCCCCC(=O)OC(COC(=O)CCCCCCC/C=C\CCCCC)COC(=O)CCCCCCCCCCCCCCCCCCCCCCCCCCCC. The summed E-state index contributed by atoms with van der Waals surface area (Å²) in [5, 5.41) is 0. The van der Waals surface area contributed by atoms with Gasteiger partial charge in [0.05, 0.1) is 0 Å². The van der Waals surface area contributed by atoms with Gasteiger partial charge in [0, 0.05) is 19.3 Å². The van der Waals surface area contributed by atoms with E-state index in [9.17, 15) is 14.4 Å². The highest BCUT2D eigenvalue weighted by Gasteiger charge is 2.19. The molecule has 0 saturated heterocycles. The molecule has 0 amide bonds. The van der Waals surface area contributed by atoms with Crippen molar-refractivity contribution < 1.29 is 28.6 Å². The van der Waals surface area contributed by atoms with E-state index in [0.29, 0.717) is 19.3 Å². The predicted octanol–water partition coefficient (Wildman–Crippen LogP) is 22.0. The molecule has 1 unspecified atom stereocenters. The standard InChI is InChI=1S/C67H124O6/c1-4-7-10-13-16-19-22-25-27-29-30-31-32-33-34-35-36-37-39-40-42-45-48-51-54-57-60-66(69)72-63-64(62-71-65(68)59-56-53-50-47-44-24-21-18-15-12-9-6-3)73-67(70)61-58-55-52-49-46-43-41-38-28-26-23-20-17-14-11-8-5-2/h17-18,20-21,26,28,64H,4-16,19,22-25,27,29-63H2,1-3H3/b20-17-,21-18-,28-26-. The molecule has 0 rings (SSSR count). The molecule has 0 aromatic heterocycles. The van der Waals surface area contributed by atoms with Gasteiger partial charge in [0.1, 0.15) is 13.2 Å². The van der Waals surface area contributed by atoms with Crippen molar-refractivity contribution in [1.82, 2.24) is 0 Å². The van der Waals surface area contributed by atoms with Gasteiger partial charge >= 0.3 is 17.9 Å². The topological polar surface area (TPSA) is 78.9 Å². The lowest BCUT2D eigenvalue weighted by Gasteiger charge is -2.18. The summed E-state index contributed by atoms with van der Waals surface area (Å²) >= 11 is 0. The number of hydrogen-bond acceptors (Lipinski definition) is 6. The van der Waals surface area contributed by atoms with Crippen molar-refractivity contribution in [3.05, 3.63) is 36.5 Å². The first-order valence-electron chi connectivity index (χ1n) is 32.5. The molecular weight excluding hydrogens is 901 g/mol. The first-order valence-corrected chi connectivity index (χ1v) is 32.5. The molecule has 0 saturated carbocycles. The van der Waals surface area contributed by atoms with Crippen molar-refractivity contribution in [3.8, 4) is 0 Å². The summed E-state index contributed by atoms with van der Waals surface area (Å²) in [6.07, 6.45) is 75.9. The van der Waals surface area contributed by atoms with Crippen LogP contribution in [0.3, 0.4) is 0 Å². The average molecular weight is 1030 g/mol. The largest absolute Gasteiger partial charge is 0.462 e. The van der Waals surface area contributed by atoms with Crippen LogP contribution in [0.25, 0.3) is 0 Å². The summed E-state index contributed by atoms with van der Waals surface area (Å²) < 4.78 is 16.9. The molecule has 428 valence electrons. The third-order valence-electron chi connectivity index (χ3n) is 14.6. The molecular formula is C67H124O6. The van der Waals surface area contributed by atoms with E-state index in [1.807, 2.05) is 0 Å². The highest BCUT2D eigenvalue weighted by Crippen LogP contribution is 2.18. The van der Waals surface area contributed by atoms with E-state index in [-0.39, 0.29) is 31.1 Å².